The van der Waals surface area contributed by atoms with Gasteiger partial charge in [-0.1, -0.05) is 24.6 Å². The molecule has 3 heterocycles. The van der Waals surface area contributed by atoms with Gasteiger partial charge in [-0.3, -0.25) is 19.3 Å². The predicted octanol–water partition coefficient (Wildman–Crippen LogP) is 3.58. The summed E-state index contributed by atoms with van der Waals surface area (Å²) in [6.07, 6.45) is 5.47. The van der Waals surface area contributed by atoms with E-state index in [1.807, 2.05) is 26.0 Å². The SMILES string of the molecule is CCc1c(C)sc(NC(=O)c2c(Cl)cnn2C)c1C(=O)NCc1cccnc1. The molecular formula is C19H20ClN5O2S. The molecule has 0 saturated carbocycles. The van der Waals surface area contributed by atoms with E-state index in [1.165, 1.54) is 22.2 Å². The summed E-state index contributed by atoms with van der Waals surface area (Å²) in [7, 11) is 1.64. The molecule has 3 rings (SSSR count). The Kier molecular flexibility index (Phi) is 6.11. The number of nitrogens with one attached hydrogen (secondary N) is 2. The van der Waals surface area contributed by atoms with Crippen LogP contribution in [0.4, 0.5) is 5.00 Å². The smallest absolute Gasteiger partial charge is 0.276 e. The van der Waals surface area contributed by atoms with Crippen molar-refractivity contribution in [1.29, 1.82) is 0 Å². The molecule has 146 valence electrons. The second-order valence-corrected chi connectivity index (χ2v) is 7.79. The number of hydrogen-bond acceptors (Lipinski definition) is 5. The Labute approximate surface area is 171 Å². The van der Waals surface area contributed by atoms with Gasteiger partial charge in [-0.15, -0.1) is 11.3 Å². The Balaban J connectivity index is 1.86. The van der Waals surface area contributed by atoms with Gasteiger partial charge in [0.25, 0.3) is 11.8 Å². The van der Waals surface area contributed by atoms with E-state index in [9.17, 15) is 9.59 Å². The average Bonchev–Trinajstić information content (AvgIpc) is 3.18. The number of carbonyl (C=O) groups excluding carboxylic acids is 2. The normalized spacial score (nSPS) is 10.7. The Bertz CT molecular complexity index is 994. The zero-order valence-electron chi connectivity index (χ0n) is 15.7. The molecule has 0 radical (unpaired) electrons. The molecule has 2 amide bonds. The molecule has 0 aromatic carbocycles. The van der Waals surface area contributed by atoms with E-state index in [0.717, 1.165) is 16.0 Å². The quantitative estimate of drug-likeness (QED) is 0.641. The highest BCUT2D eigenvalue weighted by atomic mass is 35.5. The Morgan fingerprint density at radius 3 is 2.68 bits per heavy atom. The lowest BCUT2D eigenvalue weighted by atomic mass is 10.1. The van der Waals surface area contributed by atoms with Crippen molar-refractivity contribution in [1.82, 2.24) is 20.1 Å². The molecule has 9 heteroatoms. The number of thiophene rings is 1. The van der Waals surface area contributed by atoms with Gasteiger partial charge in [0.05, 0.1) is 16.8 Å². The summed E-state index contributed by atoms with van der Waals surface area (Å²) in [5.41, 5.74) is 2.54. The Morgan fingerprint density at radius 1 is 1.29 bits per heavy atom. The first-order valence-electron chi connectivity index (χ1n) is 8.70. The van der Waals surface area contributed by atoms with Crippen molar-refractivity contribution in [3.63, 3.8) is 0 Å². The molecular weight excluding hydrogens is 398 g/mol. The molecule has 0 bridgehead atoms. The molecule has 0 saturated heterocycles. The second kappa shape index (κ2) is 8.53. The van der Waals surface area contributed by atoms with Gasteiger partial charge in [-0.05, 0) is 30.5 Å². The molecule has 0 fully saturated rings. The zero-order valence-corrected chi connectivity index (χ0v) is 17.3. The number of anilines is 1. The van der Waals surface area contributed by atoms with E-state index >= 15 is 0 Å². The van der Waals surface area contributed by atoms with Crippen LogP contribution in [0, 0.1) is 6.92 Å². The fourth-order valence-electron chi connectivity index (χ4n) is 2.93. The number of aromatic nitrogens is 3. The maximum absolute atomic E-state index is 12.9. The maximum atomic E-state index is 12.9. The highest BCUT2D eigenvalue weighted by Gasteiger charge is 2.24. The molecule has 0 aliphatic heterocycles. The van der Waals surface area contributed by atoms with Crippen molar-refractivity contribution in [2.45, 2.75) is 26.8 Å². The fourth-order valence-corrected chi connectivity index (χ4v) is 4.32. The summed E-state index contributed by atoms with van der Waals surface area (Å²) in [6, 6.07) is 3.71. The van der Waals surface area contributed by atoms with Crippen LogP contribution in [0.5, 0.6) is 0 Å². The minimum Gasteiger partial charge on any atom is -0.348 e. The third-order valence-electron chi connectivity index (χ3n) is 4.30. The van der Waals surface area contributed by atoms with Crippen molar-refractivity contribution < 1.29 is 9.59 Å². The molecule has 7 nitrogen and oxygen atoms in total. The van der Waals surface area contributed by atoms with E-state index in [4.69, 9.17) is 11.6 Å². The number of pyridine rings is 1. The summed E-state index contributed by atoms with van der Waals surface area (Å²) in [6.45, 7) is 4.27. The van der Waals surface area contributed by atoms with Gasteiger partial charge >= 0.3 is 0 Å². The molecule has 28 heavy (non-hydrogen) atoms. The molecule has 3 aromatic rings. The third kappa shape index (κ3) is 4.07. The summed E-state index contributed by atoms with van der Waals surface area (Å²) in [4.78, 5) is 30.6. The fraction of sp³-hybridized carbons (Fsp3) is 0.263. The predicted molar refractivity (Wildman–Crippen MR) is 110 cm³/mol. The van der Waals surface area contributed by atoms with Crippen molar-refractivity contribution in [3.8, 4) is 0 Å². The van der Waals surface area contributed by atoms with Gasteiger partial charge in [0.2, 0.25) is 0 Å². The minimum absolute atomic E-state index is 0.239. The second-order valence-electron chi connectivity index (χ2n) is 6.16. The van der Waals surface area contributed by atoms with E-state index in [-0.39, 0.29) is 16.6 Å². The van der Waals surface area contributed by atoms with E-state index in [0.29, 0.717) is 23.5 Å². The van der Waals surface area contributed by atoms with Crippen LogP contribution in [-0.2, 0) is 20.0 Å². The van der Waals surface area contributed by atoms with Gasteiger partial charge in [0.15, 0.2) is 0 Å². The number of nitrogens with zero attached hydrogens (tertiary/aromatic N) is 3. The highest BCUT2D eigenvalue weighted by molar-refractivity contribution is 7.16. The monoisotopic (exact) mass is 417 g/mol. The minimum atomic E-state index is -0.407. The van der Waals surface area contributed by atoms with Crippen LogP contribution in [0.2, 0.25) is 5.02 Å². The molecule has 3 aromatic heterocycles. The number of carbonyl (C=O) groups is 2. The summed E-state index contributed by atoms with van der Waals surface area (Å²) < 4.78 is 1.40. The van der Waals surface area contributed by atoms with Crippen LogP contribution in [0.15, 0.2) is 30.7 Å². The van der Waals surface area contributed by atoms with Gasteiger partial charge in [-0.2, -0.15) is 5.10 Å². The first-order valence-corrected chi connectivity index (χ1v) is 9.90. The lowest BCUT2D eigenvalue weighted by Gasteiger charge is -2.10. The third-order valence-corrected chi connectivity index (χ3v) is 5.64. The number of halogens is 1. The van der Waals surface area contributed by atoms with Crippen LogP contribution in [0.25, 0.3) is 0 Å². The Hall–Kier alpha value is -2.71. The molecule has 2 N–H and O–H groups in total. The number of amides is 2. The van der Waals surface area contributed by atoms with Crippen LogP contribution >= 0.6 is 22.9 Å². The summed E-state index contributed by atoms with van der Waals surface area (Å²) in [5.74, 6) is -0.647. The molecule has 0 atom stereocenters. The van der Waals surface area contributed by atoms with Crippen LogP contribution in [-0.4, -0.2) is 26.6 Å². The largest absolute Gasteiger partial charge is 0.348 e. The molecule has 0 aliphatic carbocycles. The highest BCUT2D eigenvalue weighted by Crippen LogP contribution is 2.34. The van der Waals surface area contributed by atoms with Gasteiger partial charge in [-0.25, -0.2) is 0 Å². The number of aryl methyl sites for hydroxylation is 2. The summed E-state index contributed by atoms with van der Waals surface area (Å²) in [5, 5.41) is 10.5. The van der Waals surface area contributed by atoms with Crippen molar-refractivity contribution in [2.75, 3.05) is 5.32 Å². The molecule has 0 unspecified atom stereocenters. The van der Waals surface area contributed by atoms with E-state index in [1.54, 1.807) is 19.4 Å². The standard InChI is InChI=1S/C19H20ClN5O2S/c1-4-13-11(2)28-19(24-18(27)16-14(20)10-23-25(16)3)15(13)17(26)22-9-12-6-5-7-21-8-12/h5-8,10H,4,9H2,1-3H3,(H,22,26)(H,24,27). The van der Waals surface area contributed by atoms with Gasteiger partial charge in [0, 0.05) is 30.9 Å². The number of hydrogen-bond donors (Lipinski definition) is 2. The van der Waals surface area contributed by atoms with Crippen LogP contribution in [0.3, 0.4) is 0 Å². The molecule has 0 spiro atoms. The topological polar surface area (TPSA) is 88.9 Å². The first kappa shape index (κ1) is 20.0. The van der Waals surface area contributed by atoms with Crippen molar-refractivity contribution >= 4 is 39.8 Å². The maximum Gasteiger partial charge on any atom is 0.276 e. The lowest BCUT2D eigenvalue weighted by molar-refractivity contribution is 0.0951. The number of rotatable bonds is 6. The van der Waals surface area contributed by atoms with Crippen LogP contribution < -0.4 is 10.6 Å². The Morgan fingerprint density at radius 2 is 2.07 bits per heavy atom. The van der Waals surface area contributed by atoms with E-state index < -0.39 is 5.91 Å². The average molecular weight is 418 g/mol. The first-order chi connectivity index (χ1) is 13.4. The van der Waals surface area contributed by atoms with Gasteiger partial charge < -0.3 is 10.6 Å². The van der Waals surface area contributed by atoms with E-state index in [2.05, 4.69) is 20.7 Å². The zero-order chi connectivity index (χ0) is 20.3. The molecule has 0 aliphatic rings. The van der Waals surface area contributed by atoms with Gasteiger partial charge in [0.1, 0.15) is 10.7 Å². The lowest BCUT2D eigenvalue weighted by Crippen LogP contribution is -2.25. The summed E-state index contributed by atoms with van der Waals surface area (Å²) >= 11 is 7.44. The van der Waals surface area contributed by atoms with Crippen molar-refractivity contribution in [2.24, 2.45) is 7.05 Å². The van der Waals surface area contributed by atoms with Crippen LogP contribution in [0.1, 0.15) is 43.8 Å². The van der Waals surface area contributed by atoms with Crippen molar-refractivity contribution in [3.05, 3.63) is 63.0 Å².